The molecular weight excluding hydrogens is 352 g/mol. The lowest BCUT2D eigenvalue weighted by Gasteiger charge is -2.08. The van der Waals surface area contributed by atoms with Gasteiger partial charge in [-0.1, -0.05) is 23.7 Å². The number of aromatic nitrogens is 2. The van der Waals surface area contributed by atoms with Gasteiger partial charge in [0.25, 0.3) is 11.8 Å². The van der Waals surface area contributed by atoms with Crippen molar-refractivity contribution in [3.63, 3.8) is 0 Å². The molecule has 26 heavy (non-hydrogen) atoms. The number of hydrogen-bond acceptors (Lipinski definition) is 3. The van der Waals surface area contributed by atoms with Crippen LogP contribution in [0.1, 0.15) is 39.5 Å². The molecule has 1 saturated carbocycles. The Bertz CT molecular complexity index is 1020. The molecule has 1 aromatic carbocycles. The molecule has 0 bridgehead atoms. The zero-order valence-electron chi connectivity index (χ0n) is 14.1. The van der Waals surface area contributed by atoms with Crippen LogP contribution in [0.3, 0.4) is 0 Å². The molecule has 7 heteroatoms. The first kappa shape index (κ1) is 16.6. The minimum absolute atomic E-state index is 0.154. The number of amides is 2. The second kappa shape index (κ2) is 6.46. The SMILES string of the molecule is Cc1c(Cl)cccc1NC(=O)c1nc(C(=O)NC2CC2)c2ccccn12. The van der Waals surface area contributed by atoms with Crippen LogP contribution in [0, 0.1) is 6.92 Å². The molecule has 1 aliphatic rings. The van der Waals surface area contributed by atoms with Gasteiger partial charge in [-0.3, -0.25) is 14.0 Å². The molecule has 2 heterocycles. The van der Waals surface area contributed by atoms with Crippen molar-refractivity contribution in [2.45, 2.75) is 25.8 Å². The summed E-state index contributed by atoms with van der Waals surface area (Å²) in [7, 11) is 0. The van der Waals surface area contributed by atoms with Crippen LogP contribution in [-0.2, 0) is 0 Å². The molecule has 2 amide bonds. The maximum atomic E-state index is 12.8. The molecule has 132 valence electrons. The Kier molecular flexibility index (Phi) is 4.12. The number of pyridine rings is 1. The molecule has 1 aliphatic carbocycles. The van der Waals surface area contributed by atoms with Gasteiger partial charge < -0.3 is 10.6 Å². The number of imidazole rings is 1. The highest BCUT2D eigenvalue weighted by molar-refractivity contribution is 6.31. The molecule has 3 aromatic rings. The summed E-state index contributed by atoms with van der Waals surface area (Å²) in [6.45, 7) is 1.83. The smallest absolute Gasteiger partial charge is 0.292 e. The normalized spacial score (nSPS) is 13.6. The van der Waals surface area contributed by atoms with Crippen molar-refractivity contribution in [1.29, 1.82) is 0 Å². The van der Waals surface area contributed by atoms with E-state index in [0.717, 1.165) is 18.4 Å². The third-order valence-corrected chi connectivity index (χ3v) is 4.80. The Morgan fingerprint density at radius 3 is 2.73 bits per heavy atom. The highest BCUT2D eigenvalue weighted by atomic mass is 35.5. The Labute approximate surface area is 155 Å². The van der Waals surface area contributed by atoms with Gasteiger partial charge in [0.15, 0.2) is 5.69 Å². The number of benzene rings is 1. The van der Waals surface area contributed by atoms with Crippen LogP contribution in [0.2, 0.25) is 5.02 Å². The molecule has 0 radical (unpaired) electrons. The average molecular weight is 369 g/mol. The Morgan fingerprint density at radius 2 is 1.96 bits per heavy atom. The predicted octanol–water partition coefficient (Wildman–Crippen LogP) is 3.44. The van der Waals surface area contributed by atoms with E-state index in [1.165, 1.54) is 0 Å². The molecule has 0 spiro atoms. The third-order valence-electron chi connectivity index (χ3n) is 4.40. The highest BCUT2D eigenvalue weighted by Crippen LogP contribution is 2.24. The van der Waals surface area contributed by atoms with Crippen LogP contribution >= 0.6 is 11.6 Å². The van der Waals surface area contributed by atoms with E-state index in [1.54, 1.807) is 40.9 Å². The summed E-state index contributed by atoms with van der Waals surface area (Å²) in [6, 6.07) is 10.9. The Balaban J connectivity index is 1.70. The van der Waals surface area contributed by atoms with Crippen LogP contribution in [0.5, 0.6) is 0 Å². The molecule has 4 rings (SSSR count). The fourth-order valence-corrected chi connectivity index (χ4v) is 2.94. The number of fused-ring (bicyclic) bond motifs is 1. The van der Waals surface area contributed by atoms with E-state index in [0.29, 0.717) is 16.2 Å². The van der Waals surface area contributed by atoms with E-state index in [9.17, 15) is 9.59 Å². The zero-order chi connectivity index (χ0) is 18.3. The molecule has 0 atom stereocenters. The van der Waals surface area contributed by atoms with Crippen LogP contribution in [0.15, 0.2) is 42.6 Å². The molecule has 2 aromatic heterocycles. The number of carbonyl (C=O) groups excluding carboxylic acids is 2. The first-order valence-corrected chi connectivity index (χ1v) is 8.77. The van der Waals surface area contributed by atoms with Gasteiger partial charge in [-0.25, -0.2) is 4.98 Å². The lowest BCUT2D eigenvalue weighted by molar-refractivity contribution is 0.0948. The molecule has 1 fully saturated rings. The van der Waals surface area contributed by atoms with Crippen LogP contribution in [0.4, 0.5) is 5.69 Å². The molecule has 0 saturated heterocycles. The van der Waals surface area contributed by atoms with Gasteiger partial charge in [-0.05, 0) is 49.6 Å². The monoisotopic (exact) mass is 368 g/mol. The number of halogens is 1. The summed E-state index contributed by atoms with van der Waals surface area (Å²) in [4.78, 5) is 29.6. The average Bonchev–Trinajstić information content (AvgIpc) is 3.35. The summed E-state index contributed by atoms with van der Waals surface area (Å²) < 4.78 is 1.62. The first-order chi connectivity index (χ1) is 12.5. The minimum Gasteiger partial charge on any atom is -0.348 e. The van der Waals surface area contributed by atoms with E-state index in [4.69, 9.17) is 11.6 Å². The molecule has 2 N–H and O–H groups in total. The largest absolute Gasteiger partial charge is 0.348 e. The summed E-state index contributed by atoms with van der Waals surface area (Å²) in [5.41, 5.74) is 2.23. The van der Waals surface area contributed by atoms with E-state index in [2.05, 4.69) is 15.6 Å². The summed E-state index contributed by atoms with van der Waals surface area (Å²) >= 11 is 6.11. The maximum absolute atomic E-state index is 12.8. The van der Waals surface area contributed by atoms with Crippen molar-refractivity contribution in [3.05, 3.63) is 64.7 Å². The molecular formula is C19H17ClN4O2. The lowest BCUT2D eigenvalue weighted by atomic mass is 10.2. The second-order valence-corrected chi connectivity index (χ2v) is 6.76. The van der Waals surface area contributed by atoms with Gasteiger partial charge in [-0.2, -0.15) is 0 Å². The number of nitrogens with one attached hydrogen (secondary N) is 2. The maximum Gasteiger partial charge on any atom is 0.292 e. The summed E-state index contributed by atoms with van der Waals surface area (Å²) in [5.74, 6) is -0.503. The standard InChI is InChI=1S/C19H17ClN4O2/c1-11-13(20)5-4-6-14(11)22-19(26)17-23-16(18(25)21-12-8-9-12)15-7-2-3-10-24(15)17/h2-7,10,12H,8-9H2,1H3,(H,21,25)(H,22,26). The van der Waals surface area contributed by atoms with Gasteiger partial charge in [0.05, 0.1) is 5.52 Å². The van der Waals surface area contributed by atoms with Gasteiger partial charge >= 0.3 is 0 Å². The van der Waals surface area contributed by atoms with Crippen molar-refractivity contribution in [2.75, 3.05) is 5.32 Å². The van der Waals surface area contributed by atoms with Crippen molar-refractivity contribution < 1.29 is 9.59 Å². The summed E-state index contributed by atoms with van der Waals surface area (Å²) in [6.07, 6.45) is 3.69. The van der Waals surface area contributed by atoms with Crippen molar-refractivity contribution in [3.8, 4) is 0 Å². The van der Waals surface area contributed by atoms with Crippen molar-refractivity contribution >= 4 is 34.6 Å². The topological polar surface area (TPSA) is 75.5 Å². The van der Waals surface area contributed by atoms with Crippen LogP contribution in [0.25, 0.3) is 5.52 Å². The third kappa shape index (κ3) is 3.04. The van der Waals surface area contributed by atoms with E-state index >= 15 is 0 Å². The van der Waals surface area contributed by atoms with Gasteiger partial charge in [0.1, 0.15) is 0 Å². The predicted molar refractivity (Wildman–Crippen MR) is 99.8 cm³/mol. The Hall–Kier alpha value is -2.86. The van der Waals surface area contributed by atoms with Crippen molar-refractivity contribution in [1.82, 2.24) is 14.7 Å². The van der Waals surface area contributed by atoms with Gasteiger partial charge in [0, 0.05) is 22.9 Å². The first-order valence-electron chi connectivity index (χ1n) is 8.39. The highest BCUT2D eigenvalue weighted by Gasteiger charge is 2.27. The minimum atomic E-state index is -0.401. The zero-order valence-corrected chi connectivity index (χ0v) is 14.9. The number of rotatable bonds is 4. The van der Waals surface area contributed by atoms with Crippen LogP contribution in [-0.4, -0.2) is 27.2 Å². The Morgan fingerprint density at radius 1 is 1.15 bits per heavy atom. The molecule has 6 nitrogen and oxygen atoms in total. The number of nitrogens with zero attached hydrogens (tertiary/aromatic N) is 2. The van der Waals surface area contributed by atoms with Gasteiger partial charge in [-0.15, -0.1) is 0 Å². The van der Waals surface area contributed by atoms with Crippen LogP contribution < -0.4 is 10.6 Å². The van der Waals surface area contributed by atoms with E-state index in [1.807, 2.05) is 13.0 Å². The number of anilines is 1. The molecule has 0 aliphatic heterocycles. The fraction of sp³-hybridized carbons (Fsp3) is 0.211. The lowest BCUT2D eigenvalue weighted by Crippen LogP contribution is -2.26. The van der Waals surface area contributed by atoms with E-state index in [-0.39, 0.29) is 23.5 Å². The number of carbonyl (C=O) groups is 2. The fourth-order valence-electron chi connectivity index (χ4n) is 2.77. The quantitative estimate of drug-likeness (QED) is 0.740. The van der Waals surface area contributed by atoms with Crippen molar-refractivity contribution in [2.24, 2.45) is 0 Å². The van der Waals surface area contributed by atoms with E-state index < -0.39 is 5.91 Å². The molecule has 0 unspecified atom stereocenters. The number of hydrogen-bond donors (Lipinski definition) is 2. The van der Waals surface area contributed by atoms with Gasteiger partial charge in [0.2, 0.25) is 5.82 Å². The summed E-state index contributed by atoms with van der Waals surface area (Å²) in [5, 5.41) is 6.31. The second-order valence-electron chi connectivity index (χ2n) is 6.35.